The number of fused-ring (bicyclic) bond motifs is 1. The van der Waals surface area contributed by atoms with Gasteiger partial charge in [-0.15, -0.1) is 0 Å². The summed E-state index contributed by atoms with van der Waals surface area (Å²) < 4.78 is 0. The Morgan fingerprint density at radius 3 is 2.83 bits per heavy atom. The van der Waals surface area contributed by atoms with Gasteiger partial charge in [0.05, 0.1) is 6.07 Å². The lowest BCUT2D eigenvalue weighted by Gasteiger charge is -2.43. The molecule has 1 saturated carbocycles. The van der Waals surface area contributed by atoms with Crippen molar-refractivity contribution in [2.24, 2.45) is 5.92 Å². The number of rotatable bonds is 0. The molecule has 1 aliphatic carbocycles. The first-order chi connectivity index (χ1) is 5.87. The fraction of sp³-hybridized carbons (Fsp3) is 0.900. The third-order valence-electron chi connectivity index (χ3n) is 3.44. The highest BCUT2D eigenvalue weighted by molar-refractivity contribution is 5.13. The van der Waals surface area contributed by atoms with E-state index in [1.807, 2.05) is 0 Å². The second-order valence-corrected chi connectivity index (χ2v) is 4.09. The molecule has 12 heavy (non-hydrogen) atoms. The van der Waals surface area contributed by atoms with Crippen LogP contribution in [0.1, 0.15) is 38.5 Å². The van der Waals surface area contributed by atoms with E-state index in [1.165, 1.54) is 32.1 Å². The Hall–Kier alpha value is -0.550. The van der Waals surface area contributed by atoms with Crippen LogP contribution in [0.2, 0.25) is 0 Å². The van der Waals surface area contributed by atoms with Crippen molar-refractivity contribution in [1.29, 1.82) is 5.26 Å². The van der Waals surface area contributed by atoms with Gasteiger partial charge in [0.2, 0.25) is 0 Å². The first kappa shape index (κ1) is 8.07. The van der Waals surface area contributed by atoms with Gasteiger partial charge < -0.3 is 0 Å². The molecule has 0 bridgehead atoms. The molecule has 0 amide bonds. The average Bonchev–Trinajstić information content (AvgIpc) is 2.18. The summed E-state index contributed by atoms with van der Waals surface area (Å²) in [7, 11) is 0. The normalized spacial score (nSPS) is 41.4. The van der Waals surface area contributed by atoms with Crippen LogP contribution < -0.4 is 5.32 Å². The number of hydrogen-bond donors (Lipinski definition) is 1. The van der Waals surface area contributed by atoms with Crippen LogP contribution in [-0.2, 0) is 0 Å². The fourth-order valence-electron chi connectivity index (χ4n) is 2.72. The summed E-state index contributed by atoms with van der Waals surface area (Å²) in [6.45, 7) is 1.05. The zero-order chi connectivity index (χ0) is 8.44. The predicted octanol–water partition coefficient (Wildman–Crippen LogP) is 1.82. The van der Waals surface area contributed by atoms with Gasteiger partial charge in [-0.2, -0.15) is 5.26 Å². The van der Waals surface area contributed by atoms with Crippen molar-refractivity contribution >= 4 is 0 Å². The van der Waals surface area contributed by atoms with Crippen molar-refractivity contribution in [2.45, 2.75) is 44.1 Å². The molecule has 0 aromatic carbocycles. The standard InChI is InChI=1S/C10H16N2/c11-8-10-6-2-1-4-9(10)5-3-7-12-10/h9,12H,1-7H2. The average molecular weight is 164 g/mol. The largest absolute Gasteiger partial charge is 0.299 e. The topological polar surface area (TPSA) is 35.8 Å². The van der Waals surface area contributed by atoms with Crippen LogP contribution in [0.4, 0.5) is 0 Å². The van der Waals surface area contributed by atoms with Gasteiger partial charge >= 0.3 is 0 Å². The quantitative estimate of drug-likeness (QED) is 0.593. The summed E-state index contributed by atoms with van der Waals surface area (Å²) in [6, 6.07) is 2.51. The highest BCUT2D eigenvalue weighted by Gasteiger charge is 2.42. The molecule has 2 rings (SSSR count). The zero-order valence-electron chi connectivity index (χ0n) is 7.47. The van der Waals surface area contributed by atoms with Crippen molar-refractivity contribution in [2.75, 3.05) is 6.54 Å². The maximum absolute atomic E-state index is 9.16. The third kappa shape index (κ3) is 1.13. The molecule has 0 radical (unpaired) electrons. The van der Waals surface area contributed by atoms with Gasteiger partial charge in [-0.3, -0.25) is 5.32 Å². The van der Waals surface area contributed by atoms with E-state index in [0.29, 0.717) is 5.92 Å². The fourth-order valence-corrected chi connectivity index (χ4v) is 2.72. The lowest BCUT2D eigenvalue weighted by molar-refractivity contribution is 0.153. The maximum atomic E-state index is 9.16. The molecule has 1 N–H and O–H groups in total. The monoisotopic (exact) mass is 164 g/mol. The minimum atomic E-state index is -0.128. The Morgan fingerprint density at radius 1 is 1.25 bits per heavy atom. The molecule has 66 valence electrons. The maximum Gasteiger partial charge on any atom is 0.109 e. The predicted molar refractivity (Wildman–Crippen MR) is 47.5 cm³/mol. The highest BCUT2D eigenvalue weighted by atomic mass is 15.0. The Kier molecular flexibility index (Phi) is 2.06. The van der Waals surface area contributed by atoms with E-state index >= 15 is 0 Å². The van der Waals surface area contributed by atoms with Crippen LogP contribution in [-0.4, -0.2) is 12.1 Å². The van der Waals surface area contributed by atoms with Crippen molar-refractivity contribution < 1.29 is 0 Å². The van der Waals surface area contributed by atoms with Crippen LogP contribution in [0.3, 0.4) is 0 Å². The number of nitriles is 1. The lowest BCUT2D eigenvalue weighted by atomic mass is 9.70. The third-order valence-corrected chi connectivity index (χ3v) is 3.44. The Balaban J connectivity index is 2.16. The molecular formula is C10H16N2. The van der Waals surface area contributed by atoms with Gasteiger partial charge in [-0.1, -0.05) is 12.8 Å². The summed E-state index contributed by atoms with van der Waals surface area (Å²) in [5.41, 5.74) is -0.128. The zero-order valence-corrected chi connectivity index (χ0v) is 7.47. The van der Waals surface area contributed by atoms with Crippen LogP contribution >= 0.6 is 0 Å². The molecule has 2 unspecified atom stereocenters. The van der Waals surface area contributed by atoms with Crippen LogP contribution in [0.5, 0.6) is 0 Å². The molecule has 2 atom stereocenters. The molecule has 1 aliphatic heterocycles. The van der Waals surface area contributed by atoms with Crippen molar-refractivity contribution in [3.05, 3.63) is 0 Å². The van der Waals surface area contributed by atoms with Crippen LogP contribution in [0.25, 0.3) is 0 Å². The second-order valence-electron chi connectivity index (χ2n) is 4.09. The molecule has 2 fully saturated rings. The van der Waals surface area contributed by atoms with Crippen LogP contribution in [0, 0.1) is 17.2 Å². The molecule has 2 heteroatoms. The summed E-state index contributed by atoms with van der Waals surface area (Å²) in [4.78, 5) is 0. The molecule has 0 spiro atoms. The summed E-state index contributed by atoms with van der Waals surface area (Å²) >= 11 is 0. The van der Waals surface area contributed by atoms with Gasteiger partial charge in [0.25, 0.3) is 0 Å². The van der Waals surface area contributed by atoms with Crippen LogP contribution in [0.15, 0.2) is 0 Å². The SMILES string of the molecule is N#CC12CCCCC1CCCN2. The molecule has 0 aromatic heterocycles. The van der Waals surface area contributed by atoms with Gasteiger partial charge in [0, 0.05) is 0 Å². The summed E-state index contributed by atoms with van der Waals surface area (Å²) in [6.07, 6.45) is 7.43. The van der Waals surface area contributed by atoms with E-state index in [4.69, 9.17) is 5.26 Å². The van der Waals surface area contributed by atoms with Gasteiger partial charge in [-0.25, -0.2) is 0 Å². The van der Waals surface area contributed by atoms with E-state index in [-0.39, 0.29) is 5.54 Å². The molecule has 0 aromatic rings. The first-order valence-corrected chi connectivity index (χ1v) is 5.04. The van der Waals surface area contributed by atoms with Gasteiger partial charge in [-0.05, 0) is 38.1 Å². The molecule has 1 saturated heterocycles. The lowest BCUT2D eigenvalue weighted by Crippen LogP contribution is -2.55. The summed E-state index contributed by atoms with van der Waals surface area (Å²) in [5.74, 6) is 0.644. The van der Waals surface area contributed by atoms with Crippen molar-refractivity contribution in [3.63, 3.8) is 0 Å². The first-order valence-electron chi connectivity index (χ1n) is 5.04. The Morgan fingerprint density at radius 2 is 2.08 bits per heavy atom. The highest BCUT2D eigenvalue weighted by Crippen LogP contribution is 2.38. The van der Waals surface area contributed by atoms with Crippen molar-refractivity contribution in [3.8, 4) is 6.07 Å². The molecular weight excluding hydrogens is 148 g/mol. The van der Waals surface area contributed by atoms with E-state index in [9.17, 15) is 0 Å². The number of nitrogens with one attached hydrogen (secondary N) is 1. The summed E-state index contributed by atoms with van der Waals surface area (Å²) in [5, 5.41) is 12.6. The van der Waals surface area contributed by atoms with E-state index in [1.54, 1.807) is 0 Å². The number of nitrogens with zero attached hydrogens (tertiary/aromatic N) is 1. The Bertz CT molecular complexity index is 192. The van der Waals surface area contributed by atoms with Gasteiger partial charge in [0.15, 0.2) is 0 Å². The van der Waals surface area contributed by atoms with Gasteiger partial charge in [0.1, 0.15) is 5.54 Å². The number of piperidine rings is 1. The second kappa shape index (κ2) is 3.06. The molecule has 2 nitrogen and oxygen atoms in total. The van der Waals surface area contributed by atoms with Crippen molar-refractivity contribution in [1.82, 2.24) is 5.32 Å². The number of hydrogen-bond acceptors (Lipinski definition) is 2. The van der Waals surface area contributed by atoms with E-state index < -0.39 is 0 Å². The smallest absolute Gasteiger partial charge is 0.109 e. The Labute approximate surface area is 74.0 Å². The van der Waals surface area contributed by atoms with E-state index in [0.717, 1.165) is 13.0 Å². The minimum absolute atomic E-state index is 0.128. The van der Waals surface area contributed by atoms with E-state index in [2.05, 4.69) is 11.4 Å². The molecule has 2 aliphatic rings. The molecule has 1 heterocycles. The minimum Gasteiger partial charge on any atom is -0.299 e.